The first-order chi connectivity index (χ1) is 6.63. The van der Waals surface area contributed by atoms with Gasteiger partial charge < -0.3 is 10.2 Å². The third-order valence-electron chi connectivity index (χ3n) is 2.55. The standard InChI is InChI=1S/C9H14N2O3/c10-6-9(11-2-1-3-12)4-7(5-9)8(13)14/h7,11-12H,1-5H2,(H,13,14). The summed E-state index contributed by atoms with van der Waals surface area (Å²) in [7, 11) is 0. The van der Waals surface area contributed by atoms with Gasteiger partial charge in [0.1, 0.15) is 5.54 Å². The van der Waals surface area contributed by atoms with Crippen LogP contribution in [0.4, 0.5) is 0 Å². The second-order valence-electron chi connectivity index (χ2n) is 3.64. The van der Waals surface area contributed by atoms with Gasteiger partial charge in [-0.05, 0) is 25.8 Å². The van der Waals surface area contributed by atoms with Gasteiger partial charge in [-0.1, -0.05) is 0 Å². The van der Waals surface area contributed by atoms with E-state index in [0.29, 0.717) is 25.8 Å². The van der Waals surface area contributed by atoms with Crippen LogP contribution >= 0.6 is 0 Å². The predicted molar refractivity (Wildman–Crippen MR) is 48.4 cm³/mol. The minimum absolute atomic E-state index is 0.0802. The zero-order valence-electron chi connectivity index (χ0n) is 7.86. The molecule has 1 rings (SSSR count). The SMILES string of the molecule is N#CC1(NCCCO)CC(C(=O)O)C1. The maximum Gasteiger partial charge on any atom is 0.306 e. The molecule has 14 heavy (non-hydrogen) atoms. The highest BCUT2D eigenvalue weighted by atomic mass is 16.4. The van der Waals surface area contributed by atoms with E-state index >= 15 is 0 Å². The molecule has 0 spiro atoms. The van der Waals surface area contributed by atoms with E-state index in [-0.39, 0.29) is 6.61 Å². The molecule has 0 aromatic rings. The first-order valence-corrected chi connectivity index (χ1v) is 4.63. The Kier molecular flexibility index (Phi) is 3.44. The fraction of sp³-hybridized carbons (Fsp3) is 0.778. The number of hydrogen-bond acceptors (Lipinski definition) is 4. The second-order valence-corrected chi connectivity index (χ2v) is 3.64. The quantitative estimate of drug-likeness (QED) is 0.528. The zero-order chi connectivity index (χ0) is 10.6. The van der Waals surface area contributed by atoms with Crippen molar-refractivity contribution in [3.8, 4) is 6.07 Å². The lowest BCUT2D eigenvalue weighted by atomic mass is 9.69. The van der Waals surface area contributed by atoms with E-state index in [1.807, 2.05) is 0 Å². The van der Waals surface area contributed by atoms with Gasteiger partial charge in [0.05, 0.1) is 12.0 Å². The fourth-order valence-corrected chi connectivity index (χ4v) is 1.64. The number of aliphatic hydroxyl groups is 1. The summed E-state index contributed by atoms with van der Waals surface area (Å²) in [5.41, 5.74) is -0.668. The summed E-state index contributed by atoms with van der Waals surface area (Å²) >= 11 is 0. The number of carbonyl (C=O) groups is 1. The summed E-state index contributed by atoms with van der Waals surface area (Å²) in [6.07, 6.45) is 1.32. The Labute approximate surface area is 82.3 Å². The lowest BCUT2D eigenvalue weighted by Crippen LogP contribution is -2.56. The summed E-state index contributed by atoms with van der Waals surface area (Å²) < 4.78 is 0. The van der Waals surface area contributed by atoms with Crippen LogP contribution in [0.15, 0.2) is 0 Å². The van der Waals surface area contributed by atoms with E-state index in [9.17, 15) is 4.79 Å². The Morgan fingerprint density at radius 3 is 2.71 bits per heavy atom. The van der Waals surface area contributed by atoms with Crippen molar-refractivity contribution in [2.24, 2.45) is 5.92 Å². The lowest BCUT2D eigenvalue weighted by Gasteiger charge is -2.41. The van der Waals surface area contributed by atoms with Crippen LogP contribution in [-0.2, 0) is 4.79 Å². The number of aliphatic carboxylic acids is 1. The van der Waals surface area contributed by atoms with Gasteiger partial charge in [0.25, 0.3) is 0 Å². The average molecular weight is 198 g/mol. The average Bonchev–Trinajstić information content (AvgIpc) is 2.09. The molecule has 0 unspecified atom stereocenters. The molecule has 1 aliphatic carbocycles. The Morgan fingerprint density at radius 2 is 2.29 bits per heavy atom. The number of carboxylic acids is 1. The highest BCUT2D eigenvalue weighted by molar-refractivity contribution is 5.72. The third-order valence-corrected chi connectivity index (χ3v) is 2.55. The largest absolute Gasteiger partial charge is 0.481 e. The normalized spacial score (nSPS) is 30.4. The molecule has 0 aromatic carbocycles. The van der Waals surface area contributed by atoms with Gasteiger partial charge >= 0.3 is 5.97 Å². The van der Waals surface area contributed by atoms with Gasteiger partial charge in [-0.25, -0.2) is 0 Å². The van der Waals surface area contributed by atoms with Crippen molar-refractivity contribution >= 4 is 5.97 Å². The van der Waals surface area contributed by atoms with Crippen molar-refractivity contribution in [3.63, 3.8) is 0 Å². The summed E-state index contributed by atoms with van der Waals surface area (Å²) in [5, 5.41) is 29.1. The fourth-order valence-electron chi connectivity index (χ4n) is 1.64. The molecule has 0 saturated heterocycles. The molecule has 78 valence electrons. The minimum Gasteiger partial charge on any atom is -0.481 e. The van der Waals surface area contributed by atoms with Crippen LogP contribution in [0.3, 0.4) is 0 Å². The maximum atomic E-state index is 10.5. The number of rotatable bonds is 5. The van der Waals surface area contributed by atoms with Crippen molar-refractivity contribution < 1.29 is 15.0 Å². The van der Waals surface area contributed by atoms with E-state index in [1.54, 1.807) is 0 Å². The van der Waals surface area contributed by atoms with Crippen LogP contribution in [0, 0.1) is 17.2 Å². The number of aliphatic hydroxyl groups excluding tert-OH is 1. The van der Waals surface area contributed by atoms with Crippen LogP contribution < -0.4 is 5.32 Å². The topological polar surface area (TPSA) is 93.4 Å². The molecule has 1 saturated carbocycles. The maximum absolute atomic E-state index is 10.5. The molecule has 1 aliphatic rings. The van der Waals surface area contributed by atoms with Gasteiger partial charge in [0.15, 0.2) is 0 Å². The van der Waals surface area contributed by atoms with Crippen LogP contribution in [0.25, 0.3) is 0 Å². The number of nitriles is 1. The lowest BCUT2D eigenvalue weighted by molar-refractivity contribution is -0.146. The Morgan fingerprint density at radius 1 is 1.64 bits per heavy atom. The molecule has 0 atom stereocenters. The molecular formula is C9H14N2O3. The van der Waals surface area contributed by atoms with E-state index < -0.39 is 17.4 Å². The molecule has 0 aliphatic heterocycles. The van der Waals surface area contributed by atoms with Gasteiger partial charge in [0, 0.05) is 6.61 Å². The smallest absolute Gasteiger partial charge is 0.306 e. The first kappa shape index (κ1) is 11.0. The second kappa shape index (κ2) is 4.40. The van der Waals surface area contributed by atoms with Crippen LogP contribution in [0.1, 0.15) is 19.3 Å². The molecule has 1 fully saturated rings. The van der Waals surface area contributed by atoms with Gasteiger partial charge in [-0.3, -0.25) is 10.1 Å². The monoisotopic (exact) mass is 198 g/mol. The van der Waals surface area contributed by atoms with Gasteiger partial charge in [-0.15, -0.1) is 0 Å². The Hall–Kier alpha value is -1.12. The van der Waals surface area contributed by atoms with Crippen molar-refractivity contribution in [1.82, 2.24) is 5.32 Å². The van der Waals surface area contributed by atoms with Crippen molar-refractivity contribution in [2.45, 2.75) is 24.8 Å². The summed E-state index contributed by atoms with van der Waals surface area (Å²) in [6.45, 7) is 0.632. The van der Waals surface area contributed by atoms with Crippen LogP contribution in [0.2, 0.25) is 0 Å². The van der Waals surface area contributed by atoms with Crippen molar-refractivity contribution in [2.75, 3.05) is 13.2 Å². The molecular weight excluding hydrogens is 184 g/mol. The van der Waals surface area contributed by atoms with Gasteiger partial charge in [0.2, 0.25) is 0 Å². The molecule has 5 nitrogen and oxygen atoms in total. The highest BCUT2D eigenvalue weighted by Gasteiger charge is 2.47. The van der Waals surface area contributed by atoms with Crippen LogP contribution in [0.5, 0.6) is 0 Å². The van der Waals surface area contributed by atoms with E-state index in [0.717, 1.165) is 0 Å². The summed E-state index contributed by atoms with van der Waals surface area (Å²) in [5.74, 6) is -1.23. The zero-order valence-corrected chi connectivity index (χ0v) is 7.86. The predicted octanol–water partition coefficient (Wildman–Crippen LogP) is -0.285. The van der Waals surface area contributed by atoms with E-state index in [2.05, 4.69) is 11.4 Å². The summed E-state index contributed by atoms with van der Waals surface area (Å²) in [4.78, 5) is 10.5. The minimum atomic E-state index is -0.833. The number of nitrogens with one attached hydrogen (secondary N) is 1. The number of nitrogens with zero attached hydrogens (tertiary/aromatic N) is 1. The van der Waals surface area contributed by atoms with Crippen LogP contribution in [-0.4, -0.2) is 34.9 Å². The van der Waals surface area contributed by atoms with Crippen molar-refractivity contribution in [1.29, 1.82) is 5.26 Å². The Balaban J connectivity index is 2.34. The van der Waals surface area contributed by atoms with E-state index in [4.69, 9.17) is 15.5 Å². The number of hydrogen-bond donors (Lipinski definition) is 3. The molecule has 0 radical (unpaired) electrons. The third kappa shape index (κ3) is 2.22. The molecule has 0 bridgehead atoms. The first-order valence-electron chi connectivity index (χ1n) is 4.63. The molecule has 0 amide bonds. The van der Waals surface area contributed by atoms with Gasteiger partial charge in [-0.2, -0.15) is 5.26 Å². The van der Waals surface area contributed by atoms with E-state index in [1.165, 1.54) is 0 Å². The Bertz CT molecular complexity index is 253. The summed E-state index contributed by atoms with van der Waals surface area (Å²) in [6, 6.07) is 2.10. The van der Waals surface area contributed by atoms with Crippen molar-refractivity contribution in [3.05, 3.63) is 0 Å². The number of carboxylic acid groups (broad SMARTS) is 1. The molecule has 0 heterocycles. The molecule has 3 N–H and O–H groups in total. The molecule has 0 aromatic heterocycles. The molecule has 5 heteroatoms. The highest BCUT2D eigenvalue weighted by Crippen LogP contribution is 2.37.